The number of nitrogens with one attached hydrogen (secondary N) is 1. The molecule has 0 aliphatic rings. The second kappa shape index (κ2) is 11.4. The molecule has 0 spiro atoms. The largest absolute Gasteiger partial charge is 0.497 e. The molecule has 33 heavy (non-hydrogen) atoms. The van der Waals surface area contributed by atoms with Crippen molar-refractivity contribution in [2.45, 2.75) is 45.2 Å². The molecule has 0 aliphatic heterocycles. The van der Waals surface area contributed by atoms with Crippen LogP contribution < -0.4 is 9.46 Å². The molecule has 0 radical (unpaired) electrons. The van der Waals surface area contributed by atoms with Gasteiger partial charge in [0.15, 0.2) is 6.61 Å². The van der Waals surface area contributed by atoms with Crippen LogP contribution in [0.25, 0.3) is 0 Å². The highest BCUT2D eigenvalue weighted by Crippen LogP contribution is 2.18. The first-order valence-electron chi connectivity index (χ1n) is 10.5. The van der Waals surface area contributed by atoms with E-state index >= 15 is 0 Å². The monoisotopic (exact) mass is 480 g/mol. The Hall–Kier alpha value is -2.69. The highest BCUT2D eigenvalue weighted by Gasteiger charge is 2.30. The van der Waals surface area contributed by atoms with E-state index in [0.717, 1.165) is 11.4 Å². The van der Waals surface area contributed by atoms with Gasteiger partial charge in [-0.25, -0.2) is 8.42 Å². The number of ether oxygens (including phenoxy) is 3. The van der Waals surface area contributed by atoms with E-state index < -0.39 is 34.6 Å². The minimum absolute atomic E-state index is 0.0127. The summed E-state index contributed by atoms with van der Waals surface area (Å²) in [6.07, 6.45) is 0. The van der Waals surface area contributed by atoms with Gasteiger partial charge in [-0.2, -0.15) is 4.72 Å². The average molecular weight is 481 g/mol. The molecule has 1 aromatic carbocycles. The molecule has 0 fully saturated rings. The molecule has 1 atom stereocenters. The fourth-order valence-corrected chi connectivity index (χ4v) is 4.69. The number of aromatic nitrogens is 1. The molecule has 0 saturated heterocycles. The van der Waals surface area contributed by atoms with E-state index in [2.05, 4.69) is 4.72 Å². The number of Topliss-reactive ketones (excluding diaryl/α,β-unsaturated/α-hetero) is 1. The van der Waals surface area contributed by atoms with Crippen LogP contribution in [-0.4, -0.2) is 58.2 Å². The van der Waals surface area contributed by atoms with Crippen molar-refractivity contribution in [3.63, 3.8) is 0 Å². The van der Waals surface area contributed by atoms with E-state index in [-0.39, 0.29) is 10.7 Å². The van der Waals surface area contributed by atoms with Crippen LogP contribution in [0.1, 0.15) is 35.6 Å². The van der Waals surface area contributed by atoms with Gasteiger partial charge in [0.05, 0.1) is 18.6 Å². The van der Waals surface area contributed by atoms with Gasteiger partial charge in [-0.1, -0.05) is 13.8 Å². The van der Waals surface area contributed by atoms with E-state index in [4.69, 9.17) is 14.2 Å². The van der Waals surface area contributed by atoms with Crippen molar-refractivity contribution in [1.29, 1.82) is 0 Å². The zero-order chi connectivity index (χ0) is 24.8. The topological polar surface area (TPSA) is 113 Å². The molecular weight excluding hydrogens is 448 g/mol. The molecule has 0 bridgehead atoms. The standard InChI is InChI=1S/C23H32N2O7S/c1-15(2)22(24-33(28,29)19-9-7-18(31-6)8-10-19)23(27)32-14-21(26)20-13-16(3)25(17(20)4)11-12-30-5/h7-10,13,15,22,24H,11-12,14H2,1-6H3/t22-/m0/s1. The van der Waals surface area contributed by atoms with Gasteiger partial charge in [0.1, 0.15) is 11.8 Å². The predicted octanol–water partition coefficient (Wildman–Crippen LogP) is 2.49. The lowest BCUT2D eigenvalue weighted by Gasteiger charge is -2.20. The average Bonchev–Trinajstić information content (AvgIpc) is 3.07. The van der Waals surface area contributed by atoms with E-state index in [1.165, 1.54) is 31.4 Å². The minimum Gasteiger partial charge on any atom is -0.497 e. The number of hydrogen-bond donors (Lipinski definition) is 1. The van der Waals surface area contributed by atoms with Crippen LogP contribution in [0, 0.1) is 19.8 Å². The van der Waals surface area contributed by atoms with Crippen molar-refractivity contribution in [3.8, 4) is 5.75 Å². The Bertz CT molecular complexity index is 1070. The molecule has 182 valence electrons. The molecular formula is C23H32N2O7S. The number of nitrogens with zero attached hydrogens (tertiary/aromatic N) is 1. The van der Waals surface area contributed by atoms with E-state index in [0.29, 0.717) is 24.5 Å². The van der Waals surface area contributed by atoms with Crippen LogP contribution in [0.5, 0.6) is 5.75 Å². The summed E-state index contributed by atoms with van der Waals surface area (Å²) in [5, 5.41) is 0. The lowest BCUT2D eigenvalue weighted by molar-refractivity contribution is -0.145. The Labute approximate surface area is 195 Å². The number of carbonyl (C=O) groups excluding carboxylic acids is 2. The predicted molar refractivity (Wildman–Crippen MR) is 123 cm³/mol. The van der Waals surface area contributed by atoms with Crippen LogP contribution >= 0.6 is 0 Å². The summed E-state index contributed by atoms with van der Waals surface area (Å²) in [5.41, 5.74) is 2.11. The third kappa shape index (κ3) is 6.66. The maximum absolute atomic E-state index is 12.7. The van der Waals surface area contributed by atoms with E-state index in [1.807, 2.05) is 18.4 Å². The first kappa shape index (κ1) is 26.6. The summed E-state index contributed by atoms with van der Waals surface area (Å²) in [4.78, 5) is 25.4. The van der Waals surface area contributed by atoms with Crippen molar-refractivity contribution in [2.75, 3.05) is 27.4 Å². The van der Waals surface area contributed by atoms with Crippen LogP contribution in [-0.2, 0) is 30.8 Å². The molecule has 1 aromatic heterocycles. The van der Waals surface area contributed by atoms with Gasteiger partial charge < -0.3 is 18.8 Å². The summed E-state index contributed by atoms with van der Waals surface area (Å²) >= 11 is 0. The summed E-state index contributed by atoms with van der Waals surface area (Å²) < 4.78 is 45.2. The van der Waals surface area contributed by atoms with E-state index in [9.17, 15) is 18.0 Å². The fourth-order valence-electron chi connectivity index (χ4n) is 3.36. The number of rotatable bonds is 12. The number of carbonyl (C=O) groups is 2. The van der Waals surface area contributed by atoms with Crippen molar-refractivity contribution in [2.24, 2.45) is 5.92 Å². The highest BCUT2D eigenvalue weighted by atomic mass is 32.2. The van der Waals surface area contributed by atoms with Crippen LogP contribution in [0.3, 0.4) is 0 Å². The Morgan fingerprint density at radius 1 is 1.09 bits per heavy atom. The Morgan fingerprint density at radius 2 is 1.73 bits per heavy atom. The van der Waals surface area contributed by atoms with Gasteiger partial charge in [-0.05, 0) is 50.1 Å². The van der Waals surface area contributed by atoms with Crippen molar-refractivity contribution < 1.29 is 32.2 Å². The quantitative estimate of drug-likeness (QED) is 0.367. The Morgan fingerprint density at radius 3 is 2.27 bits per heavy atom. The fraction of sp³-hybridized carbons (Fsp3) is 0.478. The van der Waals surface area contributed by atoms with Gasteiger partial charge in [0.2, 0.25) is 15.8 Å². The molecule has 0 amide bonds. The second-order valence-corrected chi connectivity index (χ2v) is 9.69. The number of benzene rings is 1. The Kier molecular flexibility index (Phi) is 9.21. The SMILES string of the molecule is COCCn1c(C)cc(C(=O)COC(=O)[C@@H](NS(=O)(=O)c2ccc(OC)cc2)C(C)C)c1C. The van der Waals surface area contributed by atoms with Gasteiger partial charge in [0.25, 0.3) is 0 Å². The van der Waals surface area contributed by atoms with Crippen molar-refractivity contribution in [1.82, 2.24) is 9.29 Å². The van der Waals surface area contributed by atoms with Gasteiger partial charge in [-0.3, -0.25) is 9.59 Å². The van der Waals surface area contributed by atoms with Crippen LogP contribution in [0.4, 0.5) is 0 Å². The maximum Gasteiger partial charge on any atom is 0.324 e. The molecule has 1 N–H and O–H groups in total. The summed E-state index contributed by atoms with van der Waals surface area (Å²) in [6, 6.07) is 6.38. The van der Waals surface area contributed by atoms with Crippen LogP contribution in [0.2, 0.25) is 0 Å². The summed E-state index contributed by atoms with van der Waals surface area (Å²) in [5.74, 6) is -1.07. The van der Waals surface area contributed by atoms with Gasteiger partial charge >= 0.3 is 5.97 Å². The molecule has 10 heteroatoms. The molecule has 2 aromatic rings. The lowest BCUT2D eigenvalue weighted by atomic mass is 10.1. The van der Waals surface area contributed by atoms with E-state index in [1.54, 1.807) is 27.0 Å². The molecule has 1 heterocycles. The van der Waals surface area contributed by atoms with Crippen molar-refractivity contribution in [3.05, 3.63) is 47.3 Å². The Balaban J connectivity index is 2.09. The smallest absolute Gasteiger partial charge is 0.324 e. The summed E-state index contributed by atoms with van der Waals surface area (Å²) in [6.45, 7) is 7.70. The zero-order valence-electron chi connectivity index (χ0n) is 19.9. The van der Waals surface area contributed by atoms with Crippen LogP contribution in [0.15, 0.2) is 35.2 Å². The zero-order valence-corrected chi connectivity index (χ0v) is 20.7. The van der Waals surface area contributed by atoms with Gasteiger partial charge in [-0.15, -0.1) is 0 Å². The number of methoxy groups -OCH3 is 2. The number of esters is 1. The normalized spacial score (nSPS) is 12.6. The third-order valence-electron chi connectivity index (χ3n) is 5.31. The first-order valence-corrected chi connectivity index (χ1v) is 12.0. The molecule has 0 unspecified atom stereocenters. The van der Waals surface area contributed by atoms with Gasteiger partial charge in [0, 0.05) is 30.6 Å². The number of hydrogen-bond acceptors (Lipinski definition) is 7. The number of sulfonamides is 1. The molecule has 9 nitrogen and oxygen atoms in total. The van der Waals surface area contributed by atoms with Crippen molar-refractivity contribution >= 4 is 21.8 Å². The first-order chi connectivity index (χ1) is 15.5. The summed E-state index contributed by atoms with van der Waals surface area (Å²) in [7, 11) is -0.907. The third-order valence-corrected chi connectivity index (χ3v) is 6.77. The second-order valence-electron chi connectivity index (χ2n) is 7.98. The number of aryl methyl sites for hydroxylation is 1. The minimum atomic E-state index is -3.99. The maximum atomic E-state index is 12.7. The molecule has 0 aliphatic carbocycles. The lowest BCUT2D eigenvalue weighted by Crippen LogP contribution is -2.45. The number of ketones is 1. The molecule has 2 rings (SSSR count). The molecule has 0 saturated carbocycles. The highest BCUT2D eigenvalue weighted by molar-refractivity contribution is 7.89.